The van der Waals surface area contributed by atoms with Crippen LogP contribution in [0, 0.1) is 0 Å². The maximum atomic E-state index is 13.4. The monoisotopic (exact) mass is 561 g/mol. The summed E-state index contributed by atoms with van der Waals surface area (Å²) in [5, 5.41) is 18.1. The van der Waals surface area contributed by atoms with Crippen molar-refractivity contribution in [3.05, 3.63) is 101 Å². The fraction of sp³-hybridized carbons (Fsp3) is 0.188. The highest BCUT2D eigenvalue weighted by molar-refractivity contribution is 6.13. The van der Waals surface area contributed by atoms with E-state index in [9.17, 15) is 14.7 Å². The van der Waals surface area contributed by atoms with Crippen LogP contribution in [0.25, 0.3) is 10.9 Å². The number of hydrogen-bond donors (Lipinski definition) is 3. The summed E-state index contributed by atoms with van der Waals surface area (Å²) in [5.74, 6) is -0.542. The number of aromatic amines is 1. The minimum absolute atomic E-state index is 0.0208. The van der Waals surface area contributed by atoms with Crippen LogP contribution < -0.4 is 10.2 Å². The number of H-pyrrole nitrogens is 1. The molecule has 10 heteroatoms. The molecule has 0 spiro atoms. The van der Waals surface area contributed by atoms with Crippen LogP contribution in [0.4, 0.5) is 17.1 Å². The number of aryl methyl sites for hydroxylation is 1. The number of nitrogens with one attached hydrogen (secondary N) is 2. The smallest absolute Gasteiger partial charge is 0.258 e. The molecule has 0 atom stereocenters. The number of aromatic hydroxyl groups is 1. The Morgan fingerprint density at radius 3 is 2.45 bits per heavy atom. The minimum atomic E-state index is -0.310. The first kappa shape index (κ1) is 27.0. The second kappa shape index (κ2) is 11.3. The molecule has 1 fully saturated rings. The number of carbonyl (C=O) groups is 2. The van der Waals surface area contributed by atoms with Crippen LogP contribution in [-0.2, 0) is 7.05 Å². The fourth-order valence-electron chi connectivity index (χ4n) is 5.07. The third kappa shape index (κ3) is 5.65. The van der Waals surface area contributed by atoms with E-state index in [2.05, 4.69) is 49.4 Å². The molecule has 10 nitrogen and oxygen atoms in total. The second-order valence-corrected chi connectivity index (χ2v) is 10.5. The molecule has 1 amide bonds. The molecule has 0 bridgehead atoms. The van der Waals surface area contributed by atoms with Crippen LogP contribution in [0.2, 0.25) is 0 Å². The molecule has 6 rings (SSSR count). The molecule has 3 aromatic carbocycles. The molecule has 3 heterocycles. The Morgan fingerprint density at radius 2 is 1.71 bits per heavy atom. The molecule has 5 aromatic rings. The zero-order chi connectivity index (χ0) is 29.2. The van der Waals surface area contributed by atoms with Gasteiger partial charge in [0, 0.05) is 79.0 Å². The van der Waals surface area contributed by atoms with Gasteiger partial charge in [0.15, 0.2) is 11.7 Å². The third-order valence-corrected chi connectivity index (χ3v) is 7.49. The normalized spacial score (nSPS) is 14.1. The number of carbonyl (C=O) groups excluding carboxylic acids is 2. The number of benzene rings is 3. The number of aliphatic imine (C=N–C) groups is 1. The van der Waals surface area contributed by atoms with Gasteiger partial charge in [0.05, 0.1) is 23.0 Å². The van der Waals surface area contributed by atoms with E-state index >= 15 is 0 Å². The van der Waals surface area contributed by atoms with E-state index in [4.69, 9.17) is 0 Å². The van der Waals surface area contributed by atoms with Crippen molar-refractivity contribution in [3.63, 3.8) is 0 Å². The van der Waals surface area contributed by atoms with E-state index in [1.807, 2.05) is 12.1 Å². The number of fused-ring (bicyclic) bond motifs is 1. The first-order valence-electron chi connectivity index (χ1n) is 13.7. The van der Waals surface area contributed by atoms with Crippen molar-refractivity contribution in [1.29, 1.82) is 0 Å². The summed E-state index contributed by atoms with van der Waals surface area (Å²) in [4.78, 5) is 38.2. The van der Waals surface area contributed by atoms with E-state index in [-0.39, 0.29) is 17.6 Å². The van der Waals surface area contributed by atoms with Crippen LogP contribution in [-0.4, -0.2) is 75.9 Å². The van der Waals surface area contributed by atoms with E-state index in [0.717, 1.165) is 31.9 Å². The predicted octanol–water partition coefficient (Wildman–Crippen LogP) is 4.59. The van der Waals surface area contributed by atoms with E-state index < -0.39 is 0 Å². The summed E-state index contributed by atoms with van der Waals surface area (Å²) in [6.45, 7) is 4.07. The molecule has 0 unspecified atom stereocenters. The molecule has 0 saturated carbocycles. The van der Waals surface area contributed by atoms with Gasteiger partial charge in [-0.25, -0.2) is 0 Å². The number of aromatic nitrogens is 3. The molecule has 3 N–H and O–H groups in total. The highest BCUT2D eigenvalue weighted by Crippen LogP contribution is 2.29. The van der Waals surface area contributed by atoms with Crippen LogP contribution in [0.5, 0.6) is 5.88 Å². The standard InChI is InChI=1S/C32H31N7O3/c1-37-12-14-39(15-13-37)26-9-7-24(8-10-26)33-19-28-27-17-22(6-11-29(27)36-32(28)42)30(40)21-4-3-5-25(16-21)35-31(41)23-18-34-38(2)20-23/h3-11,16-20,36,42H,12-15H2,1-2H3,(H,35,41). The first-order chi connectivity index (χ1) is 20.3. The van der Waals surface area contributed by atoms with Gasteiger partial charge in [0.25, 0.3) is 5.91 Å². The summed E-state index contributed by atoms with van der Waals surface area (Å²) in [6, 6.07) is 20.1. The molecule has 212 valence electrons. The van der Waals surface area contributed by atoms with Gasteiger partial charge >= 0.3 is 0 Å². The van der Waals surface area contributed by atoms with E-state index in [1.165, 1.54) is 11.9 Å². The van der Waals surface area contributed by atoms with Crippen LogP contribution >= 0.6 is 0 Å². The molecule has 0 aliphatic carbocycles. The van der Waals surface area contributed by atoms with Crippen LogP contribution in [0.15, 0.2) is 84.1 Å². The lowest BCUT2D eigenvalue weighted by Gasteiger charge is -2.34. The highest BCUT2D eigenvalue weighted by Gasteiger charge is 2.17. The summed E-state index contributed by atoms with van der Waals surface area (Å²) < 4.78 is 1.55. The van der Waals surface area contributed by atoms with Crippen molar-refractivity contribution >= 4 is 45.9 Å². The first-order valence-corrected chi connectivity index (χ1v) is 13.7. The Hall–Kier alpha value is -5.22. The highest BCUT2D eigenvalue weighted by atomic mass is 16.3. The van der Waals surface area contributed by atoms with Crippen molar-refractivity contribution in [1.82, 2.24) is 19.7 Å². The van der Waals surface area contributed by atoms with Gasteiger partial charge in [-0.1, -0.05) is 12.1 Å². The topological polar surface area (TPSA) is 119 Å². The number of anilines is 2. The van der Waals surface area contributed by atoms with Gasteiger partial charge in [-0.3, -0.25) is 19.3 Å². The van der Waals surface area contributed by atoms with Crippen molar-refractivity contribution in [2.24, 2.45) is 12.0 Å². The fourth-order valence-corrected chi connectivity index (χ4v) is 5.07. The summed E-state index contributed by atoms with van der Waals surface area (Å²) in [5.41, 5.74) is 4.92. The predicted molar refractivity (Wildman–Crippen MR) is 164 cm³/mol. The largest absolute Gasteiger partial charge is 0.494 e. The van der Waals surface area contributed by atoms with Crippen LogP contribution in [0.3, 0.4) is 0 Å². The number of nitrogens with zero attached hydrogens (tertiary/aromatic N) is 5. The van der Waals surface area contributed by atoms with E-state index in [1.54, 1.807) is 66.6 Å². The number of ketones is 1. The summed E-state index contributed by atoms with van der Waals surface area (Å²) in [7, 11) is 3.87. The van der Waals surface area contributed by atoms with Gasteiger partial charge in [0.2, 0.25) is 0 Å². The summed E-state index contributed by atoms with van der Waals surface area (Å²) >= 11 is 0. The lowest BCUT2D eigenvalue weighted by atomic mass is 10.0. The molecule has 1 aliphatic rings. The van der Waals surface area contributed by atoms with Gasteiger partial charge in [-0.05, 0) is 61.6 Å². The molecule has 0 radical (unpaired) electrons. The van der Waals surface area contributed by atoms with Crippen molar-refractivity contribution in [2.45, 2.75) is 0 Å². The molecule has 2 aromatic heterocycles. The van der Waals surface area contributed by atoms with Gasteiger partial charge in [-0.2, -0.15) is 5.10 Å². The average molecular weight is 562 g/mol. The number of likely N-dealkylation sites (N-methyl/N-ethyl adjacent to an activating group) is 1. The SMILES string of the molecule is CN1CCN(c2ccc(N=Cc3c(O)[nH]c4ccc(C(=O)c5cccc(NC(=O)c6cnn(C)c6)c5)cc34)cc2)CC1. The van der Waals surface area contributed by atoms with Crippen molar-refractivity contribution in [2.75, 3.05) is 43.4 Å². The summed E-state index contributed by atoms with van der Waals surface area (Å²) in [6.07, 6.45) is 4.72. The maximum Gasteiger partial charge on any atom is 0.258 e. The zero-order valence-corrected chi connectivity index (χ0v) is 23.4. The third-order valence-electron chi connectivity index (χ3n) is 7.49. The maximum absolute atomic E-state index is 13.4. The van der Waals surface area contributed by atoms with Crippen LogP contribution in [0.1, 0.15) is 31.8 Å². The number of hydrogen-bond acceptors (Lipinski definition) is 7. The molecular weight excluding hydrogens is 530 g/mol. The molecule has 42 heavy (non-hydrogen) atoms. The number of amides is 1. The zero-order valence-electron chi connectivity index (χ0n) is 23.4. The Morgan fingerprint density at radius 1 is 0.952 bits per heavy atom. The van der Waals surface area contributed by atoms with Crippen molar-refractivity contribution in [3.8, 4) is 5.88 Å². The minimum Gasteiger partial charge on any atom is -0.494 e. The average Bonchev–Trinajstić information content (AvgIpc) is 3.58. The Bertz CT molecular complexity index is 1790. The Kier molecular flexibility index (Phi) is 7.28. The molecule has 1 saturated heterocycles. The van der Waals surface area contributed by atoms with Gasteiger partial charge < -0.3 is 25.2 Å². The molecular formula is C32H31N7O3. The van der Waals surface area contributed by atoms with Gasteiger partial charge in [0.1, 0.15) is 0 Å². The quantitative estimate of drug-likeness (QED) is 0.198. The Labute approximate surface area is 242 Å². The second-order valence-electron chi connectivity index (χ2n) is 10.5. The van der Waals surface area contributed by atoms with Gasteiger partial charge in [-0.15, -0.1) is 0 Å². The van der Waals surface area contributed by atoms with Crippen molar-refractivity contribution < 1.29 is 14.7 Å². The molecule has 1 aliphatic heterocycles. The van der Waals surface area contributed by atoms with E-state index in [0.29, 0.717) is 38.8 Å². The lowest BCUT2D eigenvalue weighted by Crippen LogP contribution is -2.44. The number of rotatable bonds is 7. The Balaban J connectivity index is 1.20. The lowest BCUT2D eigenvalue weighted by molar-refractivity contribution is 0.102. The number of piperazine rings is 1.